The molecule has 1 aromatic carbocycles. The van der Waals surface area contributed by atoms with Gasteiger partial charge in [0.25, 0.3) is 0 Å². The fourth-order valence-electron chi connectivity index (χ4n) is 2.89. The number of rotatable bonds is 4. The third-order valence-electron chi connectivity index (χ3n) is 4.37. The summed E-state index contributed by atoms with van der Waals surface area (Å²) in [7, 11) is 0. The van der Waals surface area contributed by atoms with Gasteiger partial charge in [-0.25, -0.2) is 0 Å². The number of hydrogen-bond acceptors (Lipinski definition) is 2. The third kappa shape index (κ3) is 3.60. The Bertz CT molecular complexity index is 442. The lowest BCUT2D eigenvalue weighted by molar-refractivity contribution is -0.126. The first-order valence-electron chi connectivity index (χ1n) is 7.52. The van der Waals surface area contributed by atoms with E-state index in [0.717, 1.165) is 31.2 Å². The van der Waals surface area contributed by atoms with E-state index in [2.05, 4.69) is 5.32 Å². The molecule has 0 radical (unpaired) electrons. The van der Waals surface area contributed by atoms with Gasteiger partial charge in [-0.05, 0) is 44.6 Å². The quantitative estimate of drug-likeness (QED) is 0.887. The molecule has 1 amide bonds. The number of hydrogen-bond donors (Lipinski definition) is 2. The van der Waals surface area contributed by atoms with Gasteiger partial charge in [-0.3, -0.25) is 4.79 Å². The monoisotopic (exact) mass is 275 g/mol. The van der Waals surface area contributed by atoms with Crippen LogP contribution < -0.4 is 5.32 Å². The highest BCUT2D eigenvalue weighted by atomic mass is 16.3. The summed E-state index contributed by atoms with van der Waals surface area (Å²) in [5.41, 5.74) is 0.510. The molecule has 3 nitrogen and oxygen atoms in total. The number of carbonyl (C=O) groups excluding carboxylic acids is 1. The van der Waals surface area contributed by atoms with Gasteiger partial charge in [-0.1, -0.05) is 36.8 Å². The third-order valence-corrected chi connectivity index (χ3v) is 4.37. The van der Waals surface area contributed by atoms with E-state index in [1.165, 1.54) is 0 Å². The molecular formula is C17H25NO2. The van der Waals surface area contributed by atoms with Crippen LogP contribution in [-0.2, 0) is 10.2 Å². The smallest absolute Gasteiger partial charge is 0.230 e. The van der Waals surface area contributed by atoms with Gasteiger partial charge in [0.2, 0.25) is 5.91 Å². The van der Waals surface area contributed by atoms with Crippen LogP contribution in [0.15, 0.2) is 30.3 Å². The lowest BCUT2D eigenvalue weighted by atomic mass is 9.83. The zero-order chi connectivity index (χ0) is 14.6. The van der Waals surface area contributed by atoms with Crippen LogP contribution in [0.4, 0.5) is 0 Å². The summed E-state index contributed by atoms with van der Waals surface area (Å²) in [4.78, 5) is 12.4. The van der Waals surface area contributed by atoms with Crippen molar-refractivity contribution in [3.05, 3.63) is 35.9 Å². The number of benzene rings is 1. The molecule has 110 valence electrons. The largest absolute Gasteiger partial charge is 0.393 e. The van der Waals surface area contributed by atoms with Crippen LogP contribution in [0.5, 0.6) is 0 Å². The van der Waals surface area contributed by atoms with Gasteiger partial charge < -0.3 is 10.4 Å². The molecule has 1 aromatic rings. The van der Waals surface area contributed by atoms with Crippen molar-refractivity contribution in [3.63, 3.8) is 0 Å². The second kappa shape index (κ2) is 6.40. The van der Waals surface area contributed by atoms with E-state index in [1.807, 2.05) is 44.2 Å². The standard InChI is InChI=1S/C17H25NO2/c1-17(2,14-8-4-3-5-9-14)16(20)18-12-13-7-6-10-15(19)11-13/h3-5,8-9,13,15,19H,6-7,10-12H2,1-2H3,(H,18,20). The molecule has 0 aliphatic heterocycles. The van der Waals surface area contributed by atoms with Crippen LogP contribution in [-0.4, -0.2) is 23.7 Å². The zero-order valence-electron chi connectivity index (χ0n) is 12.4. The van der Waals surface area contributed by atoms with E-state index in [9.17, 15) is 9.90 Å². The Balaban J connectivity index is 1.91. The number of aliphatic hydroxyl groups is 1. The van der Waals surface area contributed by atoms with Crippen molar-refractivity contribution in [2.24, 2.45) is 5.92 Å². The topological polar surface area (TPSA) is 49.3 Å². The molecule has 2 unspecified atom stereocenters. The Hall–Kier alpha value is -1.35. The molecule has 1 saturated carbocycles. The highest BCUT2D eigenvalue weighted by Crippen LogP contribution is 2.25. The van der Waals surface area contributed by atoms with Gasteiger partial charge in [-0.15, -0.1) is 0 Å². The molecule has 0 saturated heterocycles. The van der Waals surface area contributed by atoms with Crippen molar-refractivity contribution >= 4 is 5.91 Å². The maximum atomic E-state index is 12.4. The van der Waals surface area contributed by atoms with E-state index in [4.69, 9.17) is 0 Å². The summed E-state index contributed by atoms with van der Waals surface area (Å²) < 4.78 is 0. The predicted molar refractivity (Wildman–Crippen MR) is 80.4 cm³/mol. The minimum atomic E-state index is -0.519. The molecule has 0 heterocycles. The summed E-state index contributed by atoms with van der Waals surface area (Å²) in [6.45, 7) is 4.58. The number of aliphatic hydroxyl groups excluding tert-OH is 1. The average Bonchev–Trinajstić information content (AvgIpc) is 2.45. The van der Waals surface area contributed by atoms with Crippen molar-refractivity contribution in [2.45, 2.75) is 51.0 Å². The number of nitrogens with one attached hydrogen (secondary N) is 1. The lowest BCUT2D eigenvalue weighted by Gasteiger charge is -2.29. The molecule has 0 bridgehead atoms. The highest BCUT2D eigenvalue weighted by molar-refractivity contribution is 5.87. The predicted octanol–water partition coefficient (Wildman–Crippen LogP) is 2.63. The molecule has 1 fully saturated rings. The van der Waals surface area contributed by atoms with E-state index >= 15 is 0 Å². The maximum Gasteiger partial charge on any atom is 0.230 e. The van der Waals surface area contributed by atoms with Gasteiger partial charge in [0, 0.05) is 6.54 Å². The Morgan fingerprint density at radius 1 is 1.30 bits per heavy atom. The van der Waals surface area contributed by atoms with E-state index < -0.39 is 5.41 Å². The molecule has 0 spiro atoms. The van der Waals surface area contributed by atoms with Gasteiger partial charge in [-0.2, -0.15) is 0 Å². The van der Waals surface area contributed by atoms with Crippen molar-refractivity contribution in [1.82, 2.24) is 5.32 Å². The van der Waals surface area contributed by atoms with Crippen molar-refractivity contribution < 1.29 is 9.90 Å². The number of amides is 1. The highest BCUT2D eigenvalue weighted by Gasteiger charge is 2.30. The Labute approximate surface area is 121 Å². The molecule has 20 heavy (non-hydrogen) atoms. The van der Waals surface area contributed by atoms with Gasteiger partial charge in [0.15, 0.2) is 0 Å². The van der Waals surface area contributed by atoms with Crippen LogP contribution in [0, 0.1) is 5.92 Å². The first kappa shape index (κ1) is 15.0. The minimum Gasteiger partial charge on any atom is -0.393 e. The van der Waals surface area contributed by atoms with Gasteiger partial charge >= 0.3 is 0 Å². The van der Waals surface area contributed by atoms with E-state index in [-0.39, 0.29) is 12.0 Å². The summed E-state index contributed by atoms with van der Waals surface area (Å²) in [6, 6.07) is 9.86. The van der Waals surface area contributed by atoms with Crippen molar-refractivity contribution in [3.8, 4) is 0 Å². The SMILES string of the molecule is CC(C)(C(=O)NCC1CCCC(O)C1)c1ccccc1. The first-order valence-corrected chi connectivity index (χ1v) is 7.52. The van der Waals surface area contributed by atoms with Crippen molar-refractivity contribution in [1.29, 1.82) is 0 Å². The van der Waals surface area contributed by atoms with Crippen LogP contribution in [0.2, 0.25) is 0 Å². The minimum absolute atomic E-state index is 0.0590. The van der Waals surface area contributed by atoms with Gasteiger partial charge in [0.05, 0.1) is 11.5 Å². The molecule has 2 rings (SSSR count). The molecule has 3 heteroatoms. The molecule has 1 aliphatic rings. The Morgan fingerprint density at radius 3 is 2.65 bits per heavy atom. The molecular weight excluding hydrogens is 250 g/mol. The lowest BCUT2D eigenvalue weighted by Crippen LogP contribution is -2.42. The van der Waals surface area contributed by atoms with Crippen LogP contribution in [0.1, 0.15) is 45.1 Å². The van der Waals surface area contributed by atoms with Crippen molar-refractivity contribution in [2.75, 3.05) is 6.54 Å². The van der Waals surface area contributed by atoms with E-state index in [1.54, 1.807) is 0 Å². The average molecular weight is 275 g/mol. The second-order valence-electron chi connectivity index (χ2n) is 6.39. The molecule has 2 N–H and O–H groups in total. The van der Waals surface area contributed by atoms with Crippen LogP contribution >= 0.6 is 0 Å². The fourth-order valence-corrected chi connectivity index (χ4v) is 2.89. The normalized spacial score (nSPS) is 23.4. The van der Waals surface area contributed by atoms with Gasteiger partial charge in [0.1, 0.15) is 0 Å². The molecule has 0 aromatic heterocycles. The summed E-state index contributed by atoms with van der Waals surface area (Å²) in [6.07, 6.45) is 3.69. The molecule has 1 aliphatic carbocycles. The summed E-state index contributed by atoms with van der Waals surface area (Å²) in [5.74, 6) is 0.470. The maximum absolute atomic E-state index is 12.4. The fraction of sp³-hybridized carbons (Fsp3) is 0.588. The number of carbonyl (C=O) groups is 1. The zero-order valence-corrected chi connectivity index (χ0v) is 12.4. The summed E-state index contributed by atoms with van der Waals surface area (Å²) in [5, 5.41) is 12.7. The second-order valence-corrected chi connectivity index (χ2v) is 6.39. The Kier molecular flexibility index (Phi) is 4.81. The van der Waals surface area contributed by atoms with E-state index in [0.29, 0.717) is 12.5 Å². The first-order chi connectivity index (χ1) is 9.50. The Morgan fingerprint density at radius 2 is 2.00 bits per heavy atom. The summed E-state index contributed by atoms with van der Waals surface area (Å²) >= 11 is 0. The van der Waals surface area contributed by atoms with Crippen LogP contribution in [0.25, 0.3) is 0 Å². The van der Waals surface area contributed by atoms with Crippen LogP contribution in [0.3, 0.4) is 0 Å². The molecule has 2 atom stereocenters.